The molecule has 1 aliphatic rings. The molecule has 0 bridgehead atoms. The number of hydrogen-bond donors (Lipinski definition) is 1. The molecule has 2 aromatic rings. The second kappa shape index (κ2) is 5.18. The van der Waals surface area contributed by atoms with Crippen molar-refractivity contribution in [3.8, 4) is 0 Å². The third-order valence-corrected chi connectivity index (χ3v) is 4.37. The lowest BCUT2D eigenvalue weighted by Gasteiger charge is -2.17. The Kier molecular flexibility index (Phi) is 3.39. The van der Waals surface area contributed by atoms with Crippen molar-refractivity contribution < 1.29 is 5.11 Å². The summed E-state index contributed by atoms with van der Waals surface area (Å²) in [4.78, 5) is 0. The fraction of sp³-hybridized carbons (Fsp3) is 0.333. The fourth-order valence-corrected chi connectivity index (χ4v) is 3.21. The summed E-state index contributed by atoms with van der Waals surface area (Å²) in [5.74, 6) is 1.50. The zero-order valence-corrected chi connectivity index (χ0v) is 11.3. The molecule has 0 saturated heterocycles. The van der Waals surface area contributed by atoms with Gasteiger partial charge in [-0.15, -0.1) is 0 Å². The van der Waals surface area contributed by atoms with Crippen molar-refractivity contribution in [1.82, 2.24) is 0 Å². The van der Waals surface area contributed by atoms with E-state index in [2.05, 4.69) is 61.5 Å². The molecule has 1 heteroatoms. The van der Waals surface area contributed by atoms with Crippen molar-refractivity contribution in [2.24, 2.45) is 5.92 Å². The molecule has 0 amide bonds. The Balaban J connectivity index is 1.81. The van der Waals surface area contributed by atoms with Gasteiger partial charge < -0.3 is 5.11 Å². The van der Waals surface area contributed by atoms with Gasteiger partial charge in [0.05, 0.1) is 6.61 Å². The smallest absolute Gasteiger partial charge is 0.0502 e. The zero-order valence-electron chi connectivity index (χ0n) is 11.3. The van der Waals surface area contributed by atoms with E-state index in [1.54, 1.807) is 0 Å². The third-order valence-electron chi connectivity index (χ3n) is 4.37. The Morgan fingerprint density at radius 3 is 2.42 bits per heavy atom. The van der Waals surface area contributed by atoms with Gasteiger partial charge in [0.2, 0.25) is 0 Å². The predicted octanol–water partition coefficient (Wildman–Crippen LogP) is 3.87. The van der Waals surface area contributed by atoms with Crippen molar-refractivity contribution in [1.29, 1.82) is 0 Å². The quantitative estimate of drug-likeness (QED) is 0.875. The van der Waals surface area contributed by atoms with Crippen LogP contribution in [0, 0.1) is 12.8 Å². The highest BCUT2D eigenvalue weighted by Crippen LogP contribution is 2.55. The zero-order chi connectivity index (χ0) is 13.2. The molecule has 0 heterocycles. The second-order valence-corrected chi connectivity index (χ2v) is 5.56. The fourth-order valence-electron chi connectivity index (χ4n) is 3.21. The van der Waals surface area contributed by atoms with E-state index in [1.165, 1.54) is 23.1 Å². The topological polar surface area (TPSA) is 20.2 Å². The summed E-state index contributed by atoms with van der Waals surface area (Å²) in [5.41, 5.74) is 4.02. The van der Waals surface area contributed by atoms with Gasteiger partial charge in [0.1, 0.15) is 0 Å². The van der Waals surface area contributed by atoms with E-state index in [0.717, 1.165) is 0 Å². The number of benzene rings is 2. The maximum atomic E-state index is 9.78. The van der Waals surface area contributed by atoms with Gasteiger partial charge in [0.15, 0.2) is 0 Å². The first-order chi connectivity index (χ1) is 9.31. The summed E-state index contributed by atoms with van der Waals surface area (Å²) in [6.45, 7) is 2.39. The highest BCUT2D eigenvalue weighted by Gasteiger charge is 2.44. The Hall–Kier alpha value is -1.60. The van der Waals surface area contributed by atoms with E-state index in [4.69, 9.17) is 0 Å². The van der Waals surface area contributed by atoms with Crippen LogP contribution in [0.4, 0.5) is 0 Å². The first-order valence-electron chi connectivity index (χ1n) is 7.02. The lowest BCUT2D eigenvalue weighted by atomic mass is 9.89. The van der Waals surface area contributed by atoms with Crippen LogP contribution < -0.4 is 0 Å². The molecule has 1 fully saturated rings. The van der Waals surface area contributed by atoms with Crippen LogP contribution in [0.1, 0.15) is 34.9 Å². The Labute approximate surface area is 114 Å². The molecular formula is C18H20O. The van der Waals surface area contributed by atoms with E-state index >= 15 is 0 Å². The van der Waals surface area contributed by atoms with Crippen LogP contribution in [-0.4, -0.2) is 11.7 Å². The molecule has 1 saturated carbocycles. The average Bonchev–Trinajstić information content (AvgIpc) is 3.23. The molecule has 3 rings (SSSR count). The van der Waals surface area contributed by atoms with E-state index in [0.29, 0.717) is 11.8 Å². The van der Waals surface area contributed by atoms with E-state index in [1.807, 2.05) is 0 Å². The molecule has 0 aromatic heterocycles. The van der Waals surface area contributed by atoms with Crippen LogP contribution in [0.5, 0.6) is 0 Å². The van der Waals surface area contributed by atoms with Gasteiger partial charge in [-0.3, -0.25) is 0 Å². The lowest BCUT2D eigenvalue weighted by Crippen LogP contribution is -2.09. The number of hydrogen-bond acceptors (Lipinski definition) is 1. The Bertz CT molecular complexity index is 547. The van der Waals surface area contributed by atoms with Gasteiger partial charge in [-0.25, -0.2) is 0 Å². The molecule has 3 unspecified atom stereocenters. The van der Waals surface area contributed by atoms with E-state index < -0.39 is 0 Å². The SMILES string of the molecule is Cc1ccccc1C(CO)C1CC1c1ccccc1. The molecule has 1 nitrogen and oxygen atoms in total. The summed E-state index contributed by atoms with van der Waals surface area (Å²) in [6.07, 6.45) is 1.20. The summed E-state index contributed by atoms with van der Waals surface area (Å²) in [6, 6.07) is 19.1. The van der Waals surface area contributed by atoms with Crippen LogP contribution >= 0.6 is 0 Å². The molecule has 0 radical (unpaired) electrons. The molecule has 0 aliphatic heterocycles. The molecule has 98 valence electrons. The minimum absolute atomic E-state index is 0.249. The Morgan fingerprint density at radius 2 is 1.74 bits per heavy atom. The Morgan fingerprint density at radius 1 is 1.05 bits per heavy atom. The molecule has 0 spiro atoms. The standard InChI is InChI=1S/C18H20O/c1-13-7-5-6-10-15(13)18(12-19)17-11-16(17)14-8-3-2-4-9-14/h2-10,16-19H,11-12H2,1H3. The first kappa shape index (κ1) is 12.4. The van der Waals surface area contributed by atoms with Crippen molar-refractivity contribution >= 4 is 0 Å². The van der Waals surface area contributed by atoms with Crippen LogP contribution in [0.3, 0.4) is 0 Å². The normalized spacial score (nSPS) is 23.1. The lowest BCUT2D eigenvalue weighted by molar-refractivity contribution is 0.251. The van der Waals surface area contributed by atoms with Crippen molar-refractivity contribution in [2.75, 3.05) is 6.61 Å². The highest BCUT2D eigenvalue weighted by atomic mass is 16.3. The first-order valence-corrected chi connectivity index (χ1v) is 7.02. The summed E-state index contributed by atoms with van der Waals surface area (Å²) in [7, 11) is 0. The summed E-state index contributed by atoms with van der Waals surface area (Å²) >= 11 is 0. The van der Waals surface area contributed by atoms with E-state index in [-0.39, 0.29) is 12.5 Å². The molecule has 3 atom stereocenters. The highest BCUT2D eigenvalue weighted by molar-refractivity contribution is 5.34. The van der Waals surface area contributed by atoms with Gasteiger partial charge in [-0.2, -0.15) is 0 Å². The number of aryl methyl sites for hydroxylation is 1. The molecular weight excluding hydrogens is 232 g/mol. The molecule has 1 aliphatic carbocycles. The monoisotopic (exact) mass is 252 g/mol. The predicted molar refractivity (Wildman–Crippen MR) is 78.3 cm³/mol. The largest absolute Gasteiger partial charge is 0.396 e. The number of rotatable bonds is 4. The minimum Gasteiger partial charge on any atom is -0.396 e. The molecule has 19 heavy (non-hydrogen) atoms. The number of aliphatic hydroxyl groups excluding tert-OH is 1. The van der Waals surface area contributed by atoms with Gasteiger partial charge in [-0.1, -0.05) is 54.6 Å². The van der Waals surface area contributed by atoms with Crippen LogP contribution in [0.25, 0.3) is 0 Å². The molecule has 1 N–H and O–H groups in total. The maximum Gasteiger partial charge on any atom is 0.0502 e. The maximum absolute atomic E-state index is 9.78. The van der Waals surface area contributed by atoms with E-state index in [9.17, 15) is 5.11 Å². The third kappa shape index (κ3) is 2.43. The van der Waals surface area contributed by atoms with Gasteiger partial charge in [-0.05, 0) is 41.9 Å². The summed E-state index contributed by atoms with van der Waals surface area (Å²) in [5, 5.41) is 9.78. The van der Waals surface area contributed by atoms with Gasteiger partial charge in [0.25, 0.3) is 0 Å². The molecule has 2 aromatic carbocycles. The second-order valence-electron chi connectivity index (χ2n) is 5.56. The van der Waals surface area contributed by atoms with Gasteiger partial charge >= 0.3 is 0 Å². The number of aliphatic hydroxyl groups is 1. The van der Waals surface area contributed by atoms with Crippen molar-refractivity contribution in [2.45, 2.75) is 25.2 Å². The summed E-state index contributed by atoms with van der Waals surface area (Å²) < 4.78 is 0. The van der Waals surface area contributed by atoms with Crippen LogP contribution in [0.2, 0.25) is 0 Å². The van der Waals surface area contributed by atoms with Crippen molar-refractivity contribution in [3.05, 3.63) is 71.3 Å². The van der Waals surface area contributed by atoms with Gasteiger partial charge in [0, 0.05) is 5.92 Å². The van der Waals surface area contributed by atoms with Crippen LogP contribution in [0.15, 0.2) is 54.6 Å². The average molecular weight is 252 g/mol. The minimum atomic E-state index is 0.249. The van der Waals surface area contributed by atoms with Crippen LogP contribution in [-0.2, 0) is 0 Å². The van der Waals surface area contributed by atoms with Crippen molar-refractivity contribution in [3.63, 3.8) is 0 Å².